The van der Waals surface area contributed by atoms with Crippen LogP contribution in [0.2, 0.25) is 5.28 Å². The highest BCUT2D eigenvalue weighted by Gasteiger charge is 2.06. The van der Waals surface area contributed by atoms with Crippen molar-refractivity contribution in [2.45, 2.75) is 0 Å². The van der Waals surface area contributed by atoms with Crippen molar-refractivity contribution in [3.63, 3.8) is 0 Å². The van der Waals surface area contributed by atoms with Gasteiger partial charge >= 0.3 is 0 Å². The molecule has 0 aliphatic carbocycles. The number of hydrogen-bond acceptors (Lipinski definition) is 5. The van der Waals surface area contributed by atoms with E-state index >= 15 is 0 Å². The quantitative estimate of drug-likeness (QED) is 0.600. The second-order valence-electron chi connectivity index (χ2n) is 4.37. The van der Waals surface area contributed by atoms with Gasteiger partial charge in [0.1, 0.15) is 0 Å². The van der Waals surface area contributed by atoms with Crippen molar-refractivity contribution in [1.82, 2.24) is 15.0 Å². The van der Waals surface area contributed by atoms with Gasteiger partial charge in [0.05, 0.1) is 0 Å². The summed E-state index contributed by atoms with van der Waals surface area (Å²) in [6, 6.07) is 17.5. The second kappa shape index (κ2) is 6.89. The average Bonchev–Trinajstić information content (AvgIpc) is 2.50. The molecule has 0 radical (unpaired) electrons. The van der Waals surface area contributed by atoms with Crippen molar-refractivity contribution in [2.24, 2.45) is 0 Å². The lowest BCUT2D eigenvalue weighted by atomic mass is 10.3. The van der Waals surface area contributed by atoms with Gasteiger partial charge in [-0.1, -0.05) is 18.2 Å². The number of benzene rings is 2. The Morgan fingerprint density at radius 2 is 1.27 bits per heavy atom. The molecule has 5 nitrogen and oxygen atoms in total. The van der Waals surface area contributed by atoms with Gasteiger partial charge in [-0.25, -0.2) is 0 Å². The zero-order chi connectivity index (χ0) is 15.4. The molecule has 1 aromatic heterocycles. The molecule has 0 aliphatic heterocycles. The summed E-state index contributed by atoms with van der Waals surface area (Å²) >= 11 is 8.21. The summed E-state index contributed by atoms with van der Waals surface area (Å²) in [6.45, 7) is 0. The third kappa shape index (κ3) is 4.05. The Bertz CT molecular complexity index is 765. The van der Waals surface area contributed by atoms with Gasteiger partial charge in [0.25, 0.3) is 0 Å². The summed E-state index contributed by atoms with van der Waals surface area (Å²) in [7, 11) is 0. The smallest absolute Gasteiger partial charge is 0.233 e. The van der Waals surface area contributed by atoms with Crippen LogP contribution in [0, 0.1) is 3.57 Å². The van der Waals surface area contributed by atoms with E-state index in [9.17, 15) is 0 Å². The molecule has 3 rings (SSSR count). The van der Waals surface area contributed by atoms with E-state index in [0.29, 0.717) is 11.9 Å². The van der Waals surface area contributed by atoms with Gasteiger partial charge in [0.2, 0.25) is 17.2 Å². The maximum atomic E-state index is 5.96. The van der Waals surface area contributed by atoms with Crippen LogP contribution in [0.1, 0.15) is 0 Å². The Balaban J connectivity index is 1.82. The predicted molar refractivity (Wildman–Crippen MR) is 97.0 cm³/mol. The molecule has 2 aromatic carbocycles. The van der Waals surface area contributed by atoms with E-state index in [4.69, 9.17) is 11.6 Å². The summed E-state index contributed by atoms with van der Waals surface area (Å²) in [5.41, 5.74) is 1.76. The minimum absolute atomic E-state index is 0.126. The minimum atomic E-state index is 0.126. The molecule has 22 heavy (non-hydrogen) atoms. The number of para-hydroxylation sites is 1. The van der Waals surface area contributed by atoms with E-state index in [0.717, 1.165) is 14.9 Å². The van der Waals surface area contributed by atoms with Crippen molar-refractivity contribution in [3.8, 4) is 0 Å². The SMILES string of the molecule is Clc1nc(Nc2ccccc2)nc(Nc2ccc(I)cc2)n1. The van der Waals surface area contributed by atoms with Crippen LogP contribution in [0.25, 0.3) is 0 Å². The molecule has 2 N–H and O–H groups in total. The lowest BCUT2D eigenvalue weighted by Crippen LogP contribution is -2.03. The fourth-order valence-corrected chi connectivity index (χ4v) is 2.29. The first-order valence-corrected chi connectivity index (χ1v) is 7.91. The average molecular weight is 424 g/mol. The number of nitrogens with zero attached hydrogens (tertiary/aromatic N) is 3. The zero-order valence-electron chi connectivity index (χ0n) is 11.3. The van der Waals surface area contributed by atoms with E-state index in [1.165, 1.54) is 0 Å². The van der Waals surface area contributed by atoms with E-state index in [1.807, 2.05) is 54.6 Å². The molecule has 0 spiro atoms. The summed E-state index contributed by atoms with van der Waals surface area (Å²) in [4.78, 5) is 12.5. The Labute approximate surface area is 146 Å². The molecule has 0 aliphatic rings. The van der Waals surface area contributed by atoms with Gasteiger partial charge < -0.3 is 10.6 Å². The highest BCUT2D eigenvalue weighted by atomic mass is 127. The first kappa shape index (κ1) is 15.0. The van der Waals surface area contributed by atoms with Gasteiger partial charge in [-0.3, -0.25) is 0 Å². The predicted octanol–water partition coefficient (Wildman–Crippen LogP) is 4.62. The third-order valence-corrected chi connectivity index (χ3v) is 3.63. The normalized spacial score (nSPS) is 10.3. The molecular formula is C15H11ClIN5. The molecule has 0 atom stereocenters. The van der Waals surface area contributed by atoms with Gasteiger partial charge in [-0.2, -0.15) is 15.0 Å². The van der Waals surface area contributed by atoms with E-state index in [-0.39, 0.29) is 5.28 Å². The highest BCUT2D eigenvalue weighted by Crippen LogP contribution is 2.19. The first-order valence-electron chi connectivity index (χ1n) is 6.45. The van der Waals surface area contributed by atoms with Crippen molar-refractivity contribution >= 4 is 57.5 Å². The fraction of sp³-hybridized carbons (Fsp3) is 0. The Morgan fingerprint density at radius 1 is 0.727 bits per heavy atom. The maximum Gasteiger partial charge on any atom is 0.233 e. The molecule has 0 saturated heterocycles. The fourth-order valence-electron chi connectivity index (χ4n) is 1.77. The topological polar surface area (TPSA) is 62.7 Å². The van der Waals surface area contributed by atoms with Gasteiger partial charge in [-0.15, -0.1) is 0 Å². The van der Waals surface area contributed by atoms with Crippen LogP contribution in [-0.2, 0) is 0 Å². The zero-order valence-corrected chi connectivity index (χ0v) is 14.2. The standard InChI is InChI=1S/C15H11ClIN5/c16-13-20-14(18-11-4-2-1-3-5-11)22-15(21-13)19-12-8-6-10(17)7-9-12/h1-9H,(H2,18,19,20,21,22). The van der Waals surface area contributed by atoms with Crippen molar-refractivity contribution in [3.05, 3.63) is 63.5 Å². The van der Waals surface area contributed by atoms with E-state index in [1.54, 1.807) is 0 Å². The number of halogens is 2. The van der Waals surface area contributed by atoms with Crippen LogP contribution in [0.3, 0.4) is 0 Å². The molecule has 0 bridgehead atoms. The highest BCUT2D eigenvalue weighted by molar-refractivity contribution is 14.1. The summed E-state index contributed by atoms with van der Waals surface area (Å²) in [6.07, 6.45) is 0. The molecule has 0 amide bonds. The number of aromatic nitrogens is 3. The molecule has 0 saturated carbocycles. The van der Waals surface area contributed by atoms with Gasteiger partial charge in [-0.05, 0) is 70.6 Å². The van der Waals surface area contributed by atoms with Crippen LogP contribution in [0.15, 0.2) is 54.6 Å². The van der Waals surface area contributed by atoms with Gasteiger partial charge in [0, 0.05) is 14.9 Å². The number of anilines is 4. The van der Waals surface area contributed by atoms with Crippen molar-refractivity contribution < 1.29 is 0 Å². The van der Waals surface area contributed by atoms with Crippen LogP contribution in [-0.4, -0.2) is 15.0 Å². The Morgan fingerprint density at radius 3 is 1.86 bits per heavy atom. The Kier molecular flexibility index (Phi) is 4.69. The molecular weight excluding hydrogens is 413 g/mol. The molecule has 0 fully saturated rings. The Hall–Kier alpha value is -1.93. The first-order chi connectivity index (χ1) is 10.7. The van der Waals surface area contributed by atoms with Crippen LogP contribution < -0.4 is 10.6 Å². The molecule has 0 unspecified atom stereocenters. The maximum absolute atomic E-state index is 5.96. The van der Waals surface area contributed by atoms with Crippen LogP contribution in [0.4, 0.5) is 23.3 Å². The van der Waals surface area contributed by atoms with Crippen LogP contribution >= 0.6 is 34.2 Å². The van der Waals surface area contributed by atoms with Crippen molar-refractivity contribution in [1.29, 1.82) is 0 Å². The molecule has 1 heterocycles. The second-order valence-corrected chi connectivity index (χ2v) is 5.96. The summed E-state index contributed by atoms with van der Waals surface area (Å²) in [5, 5.41) is 6.33. The summed E-state index contributed by atoms with van der Waals surface area (Å²) < 4.78 is 1.16. The van der Waals surface area contributed by atoms with Crippen molar-refractivity contribution in [2.75, 3.05) is 10.6 Å². The lowest BCUT2D eigenvalue weighted by molar-refractivity contribution is 1.06. The number of hydrogen-bond donors (Lipinski definition) is 2. The van der Waals surface area contributed by atoms with E-state index < -0.39 is 0 Å². The third-order valence-electron chi connectivity index (χ3n) is 2.74. The number of rotatable bonds is 4. The largest absolute Gasteiger partial charge is 0.324 e. The molecule has 3 aromatic rings. The van der Waals surface area contributed by atoms with Crippen LogP contribution in [0.5, 0.6) is 0 Å². The lowest BCUT2D eigenvalue weighted by Gasteiger charge is -2.08. The number of nitrogens with one attached hydrogen (secondary N) is 2. The monoisotopic (exact) mass is 423 g/mol. The molecule has 110 valence electrons. The minimum Gasteiger partial charge on any atom is -0.324 e. The summed E-state index contributed by atoms with van der Waals surface area (Å²) in [5.74, 6) is 0.777. The van der Waals surface area contributed by atoms with Gasteiger partial charge in [0.15, 0.2) is 0 Å². The molecule has 7 heteroatoms. The van der Waals surface area contributed by atoms with E-state index in [2.05, 4.69) is 48.2 Å².